The summed E-state index contributed by atoms with van der Waals surface area (Å²) in [4.78, 5) is 36.1. The third kappa shape index (κ3) is 4.93. The van der Waals surface area contributed by atoms with Gasteiger partial charge in [-0.3, -0.25) is 9.78 Å². The molecule has 0 saturated carbocycles. The predicted molar refractivity (Wildman–Crippen MR) is 102 cm³/mol. The summed E-state index contributed by atoms with van der Waals surface area (Å²) in [5.41, 5.74) is 2.44. The maximum absolute atomic E-state index is 12.2. The fourth-order valence-electron chi connectivity index (χ4n) is 2.89. The Morgan fingerprint density at radius 3 is 2.44 bits per heavy atom. The molecule has 142 valence electrons. The number of carbonyl (C=O) groups is 2. The Bertz CT molecular complexity index is 784. The summed E-state index contributed by atoms with van der Waals surface area (Å²) in [6.45, 7) is 4.48. The van der Waals surface area contributed by atoms with Crippen LogP contribution in [0.4, 0.5) is 16.3 Å². The molecule has 8 heteroatoms. The monoisotopic (exact) mass is 369 g/mol. The van der Waals surface area contributed by atoms with Crippen LogP contribution in [-0.2, 0) is 16.0 Å². The molecule has 0 aliphatic carbocycles. The lowest BCUT2D eigenvalue weighted by atomic mass is 10.2. The zero-order chi connectivity index (χ0) is 19.2. The molecule has 2 aromatic heterocycles. The Labute approximate surface area is 158 Å². The Balaban J connectivity index is 1.52. The van der Waals surface area contributed by atoms with Crippen LogP contribution < -0.4 is 10.2 Å². The first kappa shape index (κ1) is 18.6. The van der Waals surface area contributed by atoms with E-state index in [9.17, 15) is 9.59 Å². The van der Waals surface area contributed by atoms with Gasteiger partial charge < -0.3 is 19.9 Å². The molecular weight excluding hydrogens is 346 g/mol. The number of methoxy groups -OCH3 is 1. The van der Waals surface area contributed by atoms with Crippen molar-refractivity contribution in [1.29, 1.82) is 0 Å². The fourth-order valence-corrected chi connectivity index (χ4v) is 2.89. The molecule has 1 aliphatic rings. The number of piperazine rings is 1. The van der Waals surface area contributed by atoms with Crippen molar-refractivity contribution < 1.29 is 14.3 Å². The summed E-state index contributed by atoms with van der Waals surface area (Å²) >= 11 is 0. The van der Waals surface area contributed by atoms with E-state index in [1.165, 1.54) is 7.11 Å². The van der Waals surface area contributed by atoms with E-state index in [1.54, 1.807) is 17.3 Å². The number of ether oxygens (including phenoxy) is 1. The topological polar surface area (TPSA) is 87.7 Å². The number of rotatable bonds is 4. The molecule has 3 rings (SSSR count). The average molecular weight is 369 g/mol. The normalized spacial score (nSPS) is 14.0. The number of hydrogen-bond donors (Lipinski definition) is 1. The van der Waals surface area contributed by atoms with Crippen LogP contribution in [0.1, 0.15) is 11.3 Å². The van der Waals surface area contributed by atoms with Crippen LogP contribution >= 0.6 is 0 Å². The van der Waals surface area contributed by atoms with Crippen molar-refractivity contribution in [3.05, 3.63) is 47.9 Å². The molecule has 2 aromatic rings. The Hall–Kier alpha value is -3.16. The Kier molecular flexibility index (Phi) is 5.85. The number of hydrogen-bond acceptors (Lipinski definition) is 6. The van der Waals surface area contributed by atoms with Gasteiger partial charge in [0.15, 0.2) is 0 Å². The maximum atomic E-state index is 12.2. The quantitative estimate of drug-likeness (QED) is 0.885. The summed E-state index contributed by atoms with van der Waals surface area (Å²) in [5.74, 6) is 0.710. The van der Waals surface area contributed by atoms with Crippen molar-refractivity contribution in [2.24, 2.45) is 0 Å². The minimum absolute atomic E-state index is 0.109. The van der Waals surface area contributed by atoms with E-state index in [4.69, 9.17) is 4.74 Å². The van der Waals surface area contributed by atoms with Gasteiger partial charge in [0, 0.05) is 38.1 Å². The second-order valence-electron chi connectivity index (χ2n) is 6.38. The molecule has 1 fully saturated rings. The van der Waals surface area contributed by atoms with Gasteiger partial charge in [0.05, 0.1) is 25.4 Å². The molecule has 1 aliphatic heterocycles. The third-order valence-electron chi connectivity index (χ3n) is 4.41. The lowest BCUT2D eigenvalue weighted by molar-refractivity contribution is -0.115. The smallest absolute Gasteiger partial charge is 0.409 e. The number of anilines is 2. The summed E-state index contributed by atoms with van der Waals surface area (Å²) in [7, 11) is 1.39. The molecule has 0 bridgehead atoms. The highest BCUT2D eigenvalue weighted by Crippen LogP contribution is 2.17. The highest BCUT2D eigenvalue weighted by Gasteiger charge is 2.22. The largest absolute Gasteiger partial charge is 0.453 e. The molecule has 3 heterocycles. The zero-order valence-electron chi connectivity index (χ0n) is 15.5. The van der Waals surface area contributed by atoms with Gasteiger partial charge in [-0.15, -0.1) is 0 Å². The number of nitrogens with one attached hydrogen (secondary N) is 1. The van der Waals surface area contributed by atoms with E-state index >= 15 is 0 Å². The standard InChI is InChI=1S/C19H23N5O3/c1-14-3-4-15(12-20-14)11-18(25)22-16-5-6-17(21-13-16)23-7-9-24(10-8-23)19(26)27-2/h3-6,12-13H,7-11H2,1-2H3,(H,22,25). The van der Waals surface area contributed by atoms with Crippen molar-refractivity contribution in [3.8, 4) is 0 Å². The van der Waals surface area contributed by atoms with Gasteiger partial charge in [-0.05, 0) is 30.7 Å². The van der Waals surface area contributed by atoms with E-state index in [2.05, 4.69) is 20.2 Å². The second-order valence-corrected chi connectivity index (χ2v) is 6.38. The number of nitrogens with zero attached hydrogens (tertiary/aromatic N) is 4. The summed E-state index contributed by atoms with van der Waals surface area (Å²) in [6, 6.07) is 7.49. The molecule has 8 nitrogen and oxygen atoms in total. The lowest BCUT2D eigenvalue weighted by Crippen LogP contribution is -2.49. The number of pyridine rings is 2. The Morgan fingerprint density at radius 2 is 1.85 bits per heavy atom. The van der Waals surface area contributed by atoms with Crippen LogP contribution in [0.5, 0.6) is 0 Å². The second kappa shape index (κ2) is 8.48. The Morgan fingerprint density at radius 1 is 1.07 bits per heavy atom. The molecule has 1 saturated heterocycles. The fraction of sp³-hybridized carbons (Fsp3) is 0.368. The van der Waals surface area contributed by atoms with Gasteiger partial charge in [-0.2, -0.15) is 0 Å². The van der Waals surface area contributed by atoms with E-state index in [1.807, 2.05) is 31.2 Å². The molecule has 0 aromatic carbocycles. The van der Waals surface area contributed by atoms with Crippen LogP contribution in [0.15, 0.2) is 36.7 Å². The maximum Gasteiger partial charge on any atom is 0.409 e. The highest BCUT2D eigenvalue weighted by molar-refractivity contribution is 5.92. The molecule has 0 atom stereocenters. The van der Waals surface area contributed by atoms with Crippen LogP contribution in [0.25, 0.3) is 0 Å². The number of carbonyl (C=O) groups excluding carboxylic acids is 2. The molecular formula is C19H23N5O3. The lowest BCUT2D eigenvalue weighted by Gasteiger charge is -2.34. The van der Waals surface area contributed by atoms with Gasteiger partial charge in [0.2, 0.25) is 5.91 Å². The first-order valence-electron chi connectivity index (χ1n) is 8.80. The molecule has 0 spiro atoms. The molecule has 1 N–H and O–H groups in total. The molecule has 0 unspecified atom stereocenters. The summed E-state index contributed by atoms with van der Waals surface area (Å²) in [6.07, 6.45) is 3.33. The SMILES string of the molecule is COC(=O)N1CCN(c2ccc(NC(=O)Cc3ccc(C)nc3)cn2)CC1. The number of aromatic nitrogens is 2. The minimum Gasteiger partial charge on any atom is -0.453 e. The van der Waals surface area contributed by atoms with Crippen LogP contribution in [-0.4, -0.2) is 60.2 Å². The van der Waals surface area contributed by atoms with Gasteiger partial charge in [-0.1, -0.05) is 6.07 Å². The summed E-state index contributed by atoms with van der Waals surface area (Å²) in [5, 5.41) is 2.85. The van der Waals surface area contributed by atoms with Gasteiger partial charge in [0.1, 0.15) is 5.82 Å². The molecule has 2 amide bonds. The van der Waals surface area contributed by atoms with E-state index in [0.717, 1.165) is 17.1 Å². The van der Waals surface area contributed by atoms with E-state index < -0.39 is 0 Å². The first-order chi connectivity index (χ1) is 13.0. The predicted octanol–water partition coefficient (Wildman–Crippen LogP) is 1.85. The molecule has 27 heavy (non-hydrogen) atoms. The van der Waals surface area contributed by atoms with Crippen molar-refractivity contribution in [1.82, 2.24) is 14.9 Å². The van der Waals surface area contributed by atoms with E-state index in [-0.39, 0.29) is 18.4 Å². The van der Waals surface area contributed by atoms with Crippen LogP contribution in [0, 0.1) is 6.92 Å². The van der Waals surface area contributed by atoms with Gasteiger partial charge >= 0.3 is 6.09 Å². The van der Waals surface area contributed by atoms with Crippen molar-refractivity contribution in [2.75, 3.05) is 43.5 Å². The first-order valence-corrected chi connectivity index (χ1v) is 8.80. The van der Waals surface area contributed by atoms with Crippen molar-refractivity contribution >= 4 is 23.5 Å². The zero-order valence-corrected chi connectivity index (χ0v) is 15.5. The highest BCUT2D eigenvalue weighted by atomic mass is 16.5. The summed E-state index contributed by atoms with van der Waals surface area (Å²) < 4.78 is 4.74. The van der Waals surface area contributed by atoms with Crippen molar-refractivity contribution in [2.45, 2.75) is 13.3 Å². The third-order valence-corrected chi connectivity index (χ3v) is 4.41. The number of amides is 2. The van der Waals surface area contributed by atoms with Crippen LogP contribution in [0.3, 0.4) is 0 Å². The number of aryl methyl sites for hydroxylation is 1. The van der Waals surface area contributed by atoms with Crippen molar-refractivity contribution in [3.63, 3.8) is 0 Å². The van der Waals surface area contributed by atoms with Gasteiger partial charge in [0.25, 0.3) is 0 Å². The van der Waals surface area contributed by atoms with Gasteiger partial charge in [-0.25, -0.2) is 9.78 Å². The van der Waals surface area contributed by atoms with E-state index in [0.29, 0.717) is 31.9 Å². The van der Waals surface area contributed by atoms with Crippen LogP contribution in [0.2, 0.25) is 0 Å². The minimum atomic E-state index is -0.301. The average Bonchev–Trinajstić information content (AvgIpc) is 2.70. The molecule has 0 radical (unpaired) electrons.